The van der Waals surface area contributed by atoms with Gasteiger partial charge in [0.25, 0.3) is 0 Å². The van der Waals surface area contributed by atoms with Crippen LogP contribution < -0.4 is 0 Å². The van der Waals surface area contributed by atoms with E-state index in [4.69, 9.17) is 14.4 Å². The van der Waals surface area contributed by atoms with Gasteiger partial charge in [-0.25, -0.2) is 4.98 Å². The first-order valence-corrected chi connectivity index (χ1v) is 16.6. The van der Waals surface area contributed by atoms with E-state index in [1.54, 1.807) is 0 Å². The molecule has 3 nitrogen and oxygen atoms in total. The van der Waals surface area contributed by atoms with Crippen molar-refractivity contribution in [3.05, 3.63) is 170 Å². The maximum atomic E-state index is 6.13. The zero-order valence-corrected chi connectivity index (χ0v) is 26.5. The van der Waals surface area contributed by atoms with E-state index in [1.807, 2.05) is 18.3 Å². The molecule has 0 spiro atoms. The second-order valence-electron chi connectivity index (χ2n) is 12.6. The lowest BCUT2D eigenvalue weighted by atomic mass is 9.93. The lowest BCUT2D eigenvalue weighted by molar-refractivity contribution is 0.669. The fraction of sp³-hybridized carbons (Fsp3) is 0. The number of para-hydroxylation sites is 1. The fourth-order valence-corrected chi connectivity index (χ4v) is 7.32. The maximum absolute atomic E-state index is 6.13. The number of rotatable bonds is 4. The molecule has 0 saturated heterocycles. The maximum Gasteiger partial charge on any atom is 0.135 e. The highest BCUT2D eigenvalue weighted by molar-refractivity contribution is 6.24. The first-order valence-electron chi connectivity index (χ1n) is 16.6. The van der Waals surface area contributed by atoms with E-state index >= 15 is 0 Å². The van der Waals surface area contributed by atoms with E-state index in [-0.39, 0.29) is 0 Å². The molecule has 10 aromatic rings. The molecule has 0 aliphatic rings. The predicted octanol–water partition coefficient (Wildman–Crippen LogP) is 12.5. The molecule has 0 atom stereocenters. The van der Waals surface area contributed by atoms with Gasteiger partial charge in [0.05, 0.1) is 22.9 Å². The minimum absolute atomic E-state index is 0.842. The van der Waals surface area contributed by atoms with Crippen molar-refractivity contribution in [2.24, 2.45) is 0 Å². The Morgan fingerprint density at radius 3 is 1.61 bits per heavy atom. The van der Waals surface area contributed by atoms with E-state index in [0.717, 1.165) is 66.1 Å². The molecule has 8 aromatic carbocycles. The zero-order valence-electron chi connectivity index (χ0n) is 26.5. The van der Waals surface area contributed by atoms with E-state index in [0.29, 0.717) is 0 Å². The summed E-state index contributed by atoms with van der Waals surface area (Å²) in [5.74, 6) is 0. The summed E-state index contributed by atoms with van der Waals surface area (Å²) in [6.45, 7) is 0. The molecule has 49 heavy (non-hydrogen) atoms. The lowest BCUT2D eigenvalue weighted by Crippen LogP contribution is -1.94. The molecule has 3 heteroatoms. The van der Waals surface area contributed by atoms with Crippen molar-refractivity contribution in [2.45, 2.75) is 0 Å². The molecule has 10 rings (SSSR count). The van der Waals surface area contributed by atoms with Crippen molar-refractivity contribution < 1.29 is 4.42 Å². The summed E-state index contributed by atoms with van der Waals surface area (Å²) >= 11 is 0. The van der Waals surface area contributed by atoms with Crippen LogP contribution in [0.1, 0.15) is 0 Å². The third-order valence-electron chi connectivity index (χ3n) is 9.72. The molecule has 228 valence electrons. The van der Waals surface area contributed by atoms with Crippen LogP contribution in [0.4, 0.5) is 0 Å². The summed E-state index contributed by atoms with van der Waals surface area (Å²) in [5.41, 5.74) is 12.4. The lowest BCUT2D eigenvalue weighted by Gasteiger charge is -2.14. The number of aromatic nitrogens is 2. The van der Waals surface area contributed by atoms with Gasteiger partial charge in [-0.15, -0.1) is 0 Å². The molecule has 0 unspecified atom stereocenters. The molecule has 2 heterocycles. The average molecular weight is 625 g/mol. The Bertz CT molecular complexity index is 2870. The monoisotopic (exact) mass is 624 g/mol. The first kappa shape index (κ1) is 27.5. The Kier molecular flexibility index (Phi) is 6.18. The second-order valence-corrected chi connectivity index (χ2v) is 12.6. The SMILES string of the molecule is c1ccc(-c2ccc3c(c2)c2cc(-c4ccccc4)ccc2c2nc(-c4ccccc4-c4ccc5oc6ccccc6c5c4)cnc32)cc1. The Hall–Kier alpha value is -6.58. The van der Waals surface area contributed by atoms with Crippen molar-refractivity contribution in [3.63, 3.8) is 0 Å². The Morgan fingerprint density at radius 1 is 0.347 bits per heavy atom. The van der Waals surface area contributed by atoms with E-state index in [2.05, 4.69) is 152 Å². The van der Waals surface area contributed by atoms with Crippen LogP contribution in [0.25, 0.3) is 99.2 Å². The molecule has 0 bridgehead atoms. The van der Waals surface area contributed by atoms with Gasteiger partial charge < -0.3 is 4.42 Å². The van der Waals surface area contributed by atoms with E-state index < -0.39 is 0 Å². The minimum atomic E-state index is 0.842. The highest BCUT2D eigenvalue weighted by Crippen LogP contribution is 2.40. The van der Waals surface area contributed by atoms with Gasteiger partial charge in [0.2, 0.25) is 0 Å². The van der Waals surface area contributed by atoms with Gasteiger partial charge in [-0.05, 0) is 74.5 Å². The molecule has 0 N–H and O–H groups in total. The molecule has 0 fully saturated rings. The highest BCUT2D eigenvalue weighted by Gasteiger charge is 2.17. The van der Waals surface area contributed by atoms with Crippen molar-refractivity contribution in [1.82, 2.24) is 9.97 Å². The molecule has 2 aromatic heterocycles. The van der Waals surface area contributed by atoms with Crippen molar-refractivity contribution in [2.75, 3.05) is 0 Å². The molecule has 0 radical (unpaired) electrons. The minimum Gasteiger partial charge on any atom is -0.456 e. The molecular weight excluding hydrogens is 597 g/mol. The number of hydrogen-bond acceptors (Lipinski definition) is 3. The van der Waals surface area contributed by atoms with Gasteiger partial charge in [0, 0.05) is 27.1 Å². The van der Waals surface area contributed by atoms with Crippen LogP contribution >= 0.6 is 0 Å². The molecular formula is C46H28N2O. The number of hydrogen-bond donors (Lipinski definition) is 0. The van der Waals surface area contributed by atoms with Crippen LogP contribution in [0.2, 0.25) is 0 Å². The van der Waals surface area contributed by atoms with Crippen molar-refractivity contribution >= 4 is 54.5 Å². The Labute approximate surface area is 282 Å². The normalized spacial score (nSPS) is 11.7. The highest BCUT2D eigenvalue weighted by atomic mass is 16.3. The summed E-state index contributed by atoms with van der Waals surface area (Å²) in [4.78, 5) is 10.6. The molecule has 0 saturated carbocycles. The number of nitrogens with zero attached hydrogens (tertiary/aromatic N) is 2. The van der Waals surface area contributed by atoms with Crippen LogP contribution in [0.3, 0.4) is 0 Å². The van der Waals surface area contributed by atoms with E-state index in [9.17, 15) is 0 Å². The van der Waals surface area contributed by atoms with Gasteiger partial charge in [-0.1, -0.05) is 133 Å². The van der Waals surface area contributed by atoms with Gasteiger partial charge in [-0.2, -0.15) is 0 Å². The molecule has 0 aliphatic heterocycles. The largest absolute Gasteiger partial charge is 0.456 e. The van der Waals surface area contributed by atoms with E-state index in [1.165, 1.54) is 33.0 Å². The van der Waals surface area contributed by atoms with Crippen molar-refractivity contribution in [3.8, 4) is 44.6 Å². The molecule has 0 amide bonds. The third kappa shape index (κ3) is 4.51. The van der Waals surface area contributed by atoms with Crippen LogP contribution in [-0.2, 0) is 0 Å². The van der Waals surface area contributed by atoms with Gasteiger partial charge in [0.1, 0.15) is 11.2 Å². The Balaban J connectivity index is 1.20. The van der Waals surface area contributed by atoms with Gasteiger partial charge in [0.15, 0.2) is 0 Å². The summed E-state index contributed by atoms with van der Waals surface area (Å²) in [6.07, 6.45) is 1.93. The van der Waals surface area contributed by atoms with Crippen LogP contribution in [-0.4, -0.2) is 9.97 Å². The smallest absolute Gasteiger partial charge is 0.135 e. The van der Waals surface area contributed by atoms with Crippen LogP contribution in [0.5, 0.6) is 0 Å². The topological polar surface area (TPSA) is 38.9 Å². The number of furan rings is 1. The van der Waals surface area contributed by atoms with Crippen LogP contribution in [0.15, 0.2) is 174 Å². The zero-order chi connectivity index (χ0) is 32.3. The summed E-state index contributed by atoms with van der Waals surface area (Å²) in [6, 6.07) is 57.7. The van der Waals surface area contributed by atoms with Crippen molar-refractivity contribution in [1.29, 1.82) is 0 Å². The van der Waals surface area contributed by atoms with Gasteiger partial charge >= 0.3 is 0 Å². The van der Waals surface area contributed by atoms with Crippen LogP contribution in [0, 0.1) is 0 Å². The first-order chi connectivity index (χ1) is 24.3. The summed E-state index contributed by atoms with van der Waals surface area (Å²) in [7, 11) is 0. The third-order valence-corrected chi connectivity index (χ3v) is 9.72. The standard InChI is InChI=1S/C46H28N2O/c1-3-11-29(12-4-1)31-19-22-37-39(25-31)40-26-32(30-13-5-2-6-14-30)20-23-38(40)46-45(37)47-28-42(48-46)35-16-8-7-15-34(35)33-21-24-44-41(27-33)36-17-9-10-18-43(36)49-44/h1-28H. The quantitative estimate of drug-likeness (QED) is 0.183. The number of fused-ring (bicyclic) bond motifs is 9. The summed E-state index contributed by atoms with van der Waals surface area (Å²) in [5, 5.41) is 6.74. The average Bonchev–Trinajstić information content (AvgIpc) is 3.56. The fourth-order valence-electron chi connectivity index (χ4n) is 7.32. The second kappa shape index (κ2) is 11.0. The predicted molar refractivity (Wildman–Crippen MR) is 204 cm³/mol. The number of benzene rings is 8. The summed E-state index contributed by atoms with van der Waals surface area (Å²) < 4.78 is 6.13. The van der Waals surface area contributed by atoms with Gasteiger partial charge in [-0.3, -0.25) is 4.98 Å². The Morgan fingerprint density at radius 2 is 0.898 bits per heavy atom. The molecule has 0 aliphatic carbocycles.